The molecule has 2 aromatic rings. The fraction of sp³-hybridized carbons (Fsp3) is 0.615. The standard InChI is InChI=1S/C38H48FN3O8S.CH4/c1-23-33-27(26-14-11-15-28(39)32(26)40-23)16-17-37(50-33)20-29-30(43)21-38(35(46)41-51(5,47)48)19-25(38)13-10-8-6-7-9-12-24(34(45)42(29)22-37)18-31(44)49-36(2,3)4;/h10-11,13-15,24-25,29H,6-9,12,16-22H2,1-5H3,(H,41,46);1H4/b13-10-;/t24-,25-,29+,37-,38-;/m1./s1. The van der Waals surface area contributed by atoms with Gasteiger partial charge in [-0.2, -0.15) is 0 Å². The van der Waals surface area contributed by atoms with E-state index in [-0.39, 0.29) is 56.4 Å². The van der Waals surface area contributed by atoms with Crippen LogP contribution in [-0.4, -0.2) is 71.9 Å². The lowest BCUT2D eigenvalue weighted by molar-refractivity contribution is -0.159. The van der Waals surface area contributed by atoms with E-state index in [4.69, 9.17) is 9.47 Å². The molecule has 52 heavy (non-hydrogen) atoms. The highest BCUT2D eigenvalue weighted by atomic mass is 32.2. The number of nitrogens with one attached hydrogen (secondary N) is 1. The smallest absolute Gasteiger partial charge is 0.307 e. The first-order valence-electron chi connectivity index (χ1n) is 17.9. The zero-order valence-corrected chi connectivity index (χ0v) is 30.9. The van der Waals surface area contributed by atoms with Crippen LogP contribution in [0.2, 0.25) is 0 Å². The molecule has 2 fully saturated rings. The normalized spacial score (nSPS) is 28.7. The Kier molecular flexibility index (Phi) is 11.0. The van der Waals surface area contributed by atoms with Crippen molar-refractivity contribution in [1.29, 1.82) is 0 Å². The third kappa shape index (κ3) is 8.19. The van der Waals surface area contributed by atoms with Crippen LogP contribution in [0, 0.1) is 30.0 Å². The fourth-order valence-electron chi connectivity index (χ4n) is 8.21. The summed E-state index contributed by atoms with van der Waals surface area (Å²) in [6.45, 7) is 7.12. The number of rotatable bonds is 4. The third-order valence-corrected chi connectivity index (χ3v) is 11.3. The first-order valence-corrected chi connectivity index (χ1v) is 19.8. The number of amides is 2. The molecule has 0 bridgehead atoms. The summed E-state index contributed by atoms with van der Waals surface area (Å²) < 4.78 is 53.5. The number of fused-ring (bicyclic) bond motifs is 5. The van der Waals surface area contributed by atoms with Crippen LogP contribution in [0.1, 0.15) is 104 Å². The molecule has 13 heteroatoms. The number of carbonyl (C=O) groups excluding carboxylic acids is 4. The van der Waals surface area contributed by atoms with Crippen LogP contribution in [0.5, 0.6) is 5.75 Å². The van der Waals surface area contributed by atoms with Gasteiger partial charge in [0, 0.05) is 29.7 Å². The van der Waals surface area contributed by atoms with Gasteiger partial charge in [0.25, 0.3) is 0 Å². The molecule has 1 saturated carbocycles. The van der Waals surface area contributed by atoms with Crippen molar-refractivity contribution in [3.05, 3.63) is 47.4 Å². The van der Waals surface area contributed by atoms with Gasteiger partial charge in [0.1, 0.15) is 28.3 Å². The van der Waals surface area contributed by atoms with Crippen LogP contribution in [-0.2, 0) is 40.4 Å². The predicted molar refractivity (Wildman–Crippen MR) is 194 cm³/mol. The maximum absolute atomic E-state index is 14.7. The molecule has 4 aliphatic rings. The monoisotopic (exact) mass is 741 g/mol. The van der Waals surface area contributed by atoms with Crippen LogP contribution in [0.15, 0.2) is 30.4 Å². The lowest BCUT2D eigenvalue weighted by Gasteiger charge is -2.36. The number of aromatic nitrogens is 1. The SMILES string of the molecule is C.Cc1nc2c(F)cccc2c2c1O[C@]1(CC2)C[C@H]2C(=O)C[C@]3(C(=O)NS(C)(=O)=O)C[C@H]3/C=C\CCCCC[C@H](CC(=O)OC(C)(C)C)C(=O)N2C1. The number of hydrogen-bond donors (Lipinski definition) is 1. The first kappa shape index (κ1) is 39.3. The molecule has 1 spiro atoms. The van der Waals surface area contributed by atoms with Gasteiger partial charge >= 0.3 is 5.97 Å². The maximum Gasteiger partial charge on any atom is 0.307 e. The van der Waals surface area contributed by atoms with E-state index in [1.54, 1.807) is 39.8 Å². The zero-order valence-electron chi connectivity index (χ0n) is 30.1. The molecule has 1 aliphatic carbocycles. The zero-order chi connectivity index (χ0) is 36.9. The van der Waals surface area contributed by atoms with Crippen molar-refractivity contribution in [2.75, 3.05) is 12.8 Å². The van der Waals surface area contributed by atoms with Crippen molar-refractivity contribution < 1.29 is 41.5 Å². The number of sulfonamides is 1. The summed E-state index contributed by atoms with van der Waals surface area (Å²) in [5.74, 6) is -2.94. The minimum atomic E-state index is -3.89. The molecule has 1 saturated heterocycles. The summed E-state index contributed by atoms with van der Waals surface area (Å²) in [6.07, 6.45) is 9.24. The number of carbonyl (C=O) groups is 4. The Balaban J connectivity index is 0.00000523. The van der Waals surface area contributed by atoms with E-state index in [0.29, 0.717) is 48.9 Å². The van der Waals surface area contributed by atoms with Crippen LogP contribution >= 0.6 is 0 Å². The number of nitrogens with zero attached hydrogens (tertiary/aromatic N) is 2. The Hall–Kier alpha value is -3.87. The number of pyridine rings is 1. The largest absolute Gasteiger partial charge is 0.483 e. The Morgan fingerprint density at radius 2 is 1.90 bits per heavy atom. The molecule has 1 aromatic carbocycles. The summed E-state index contributed by atoms with van der Waals surface area (Å²) in [4.78, 5) is 61.8. The molecule has 0 radical (unpaired) electrons. The Labute approximate surface area is 306 Å². The molecule has 5 atom stereocenters. The molecule has 2 amide bonds. The molecule has 0 unspecified atom stereocenters. The van der Waals surface area contributed by atoms with Crippen LogP contribution in [0.3, 0.4) is 0 Å². The number of ketones is 1. The number of halogens is 1. The van der Waals surface area contributed by atoms with Crippen molar-refractivity contribution in [3.63, 3.8) is 0 Å². The molecule has 4 heterocycles. The number of hydrogen-bond acceptors (Lipinski definition) is 9. The molecule has 11 nitrogen and oxygen atoms in total. The lowest BCUT2D eigenvalue weighted by atomic mass is 9.85. The predicted octanol–water partition coefficient (Wildman–Crippen LogP) is 5.89. The highest BCUT2D eigenvalue weighted by molar-refractivity contribution is 7.89. The van der Waals surface area contributed by atoms with Gasteiger partial charge in [-0.15, -0.1) is 0 Å². The van der Waals surface area contributed by atoms with E-state index >= 15 is 0 Å². The second-order valence-electron chi connectivity index (χ2n) is 16.0. The van der Waals surface area contributed by atoms with Crippen molar-refractivity contribution in [2.45, 2.75) is 123 Å². The van der Waals surface area contributed by atoms with Gasteiger partial charge < -0.3 is 14.4 Å². The summed E-state index contributed by atoms with van der Waals surface area (Å²) in [6, 6.07) is 3.82. The van der Waals surface area contributed by atoms with Gasteiger partial charge in [-0.05, 0) is 78.2 Å². The molecule has 284 valence electrons. The number of esters is 1. The quantitative estimate of drug-likeness (QED) is 0.299. The van der Waals surface area contributed by atoms with Gasteiger partial charge in [-0.1, -0.05) is 44.6 Å². The number of Topliss-reactive ketones (excluding diaryl/α,β-unsaturated/α-hetero) is 1. The highest BCUT2D eigenvalue weighted by Gasteiger charge is 2.62. The highest BCUT2D eigenvalue weighted by Crippen LogP contribution is 2.57. The van der Waals surface area contributed by atoms with Gasteiger partial charge in [0.2, 0.25) is 21.8 Å². The lowest BCUT2D eigenvalue weighted by Crippen LogP contribution is -2.47. The summed E-state index contributed by atoms with van der Waals surface area (Å²) in [5, 5.41) is 0.648. The molecule has 1 N–H and O–H groups in total. The van der Waals surface area contributed by atoms with E-state index in [0.717, 1.165) is 31.1 Å². The van der Waals surface area contributed by atoms with Crippen molar-refractivity contribution in [1.82, 2.24) is 14.6 Å². The van der Waals surface area contributed by atoms with Gasteiger partial charge in [-0.25, -0.2) is 17.8 Å². The van der Waals surface area contributed by atoms with E-state index in [9.17, 15) is 32.0 Å². The fourth-order valence-corrected chi connectivity index (χ4v) is 8.75. The van der Waals surface area contributed by atoms with Crippen LogP contribution in [0.25, 0.3) is 10.9 Å². The molecule has 1 aromatic heterocycles. The first-order chi connectivity index (χ1) is 23.9. The van der Waals surface area contributed by atoms with Gasteiger partial charge in [-0.3, -0.25) is 23.9 Å². The van der Waals surface area contributed by atoms with Crippen molar-refractivity contribution in [3.8, 4) is 5.75 Å². The number of aryl methyl sites for hydroxylation is 2. The second-order valence-corrected chi connectivity index (χ2v) is 17.7. The molecule has 3 aliphatic heterocycles. The number of allylic oxidation sites excluding steroid dienone is 2. The van der Waals surface area contributed by atoms with Crippen molar-refractivity contribution in [2.24, 2.45) is 17.3 Å². The number of benzene rings is 1. The molecular formula is C39H52FN3O8S. The van der Waals surface area contributed by atoms with E-state index in [2.05, 4.69) is 9.71 Å². The topological polar surface area (TPSA) is 149 Å². The molecular weight excluding hydrogens is 690 g/mol. The Morgan fingerprint density at radius 1 is 1.15 bits per heavy atom. The summed E-state index contributed by atoms with van der Waals surface area (Å²) >= 11 is 0. The van der Waals surface area contributed by atoms with Gasteiger partial charge in [0.05, 0.1) is 36.4 Å². The van der Waals surface area contributed by atoms with E-state index < -0.39 is 56.3 Å². The van der Waals surface area contributed by atoms with Crippen LogP contribution in [0.4, 0.5) is 4.39 Å². The summed E-state index contributed by atoms with van der Waals surface area (Å²) in [7, 11) is -3.89. The third-order valence-electron chi connectivity index (χ3n) is 10.7. The van der Waals surface area contributed by atoms with Crippen molar-refractivity contribution >= 4 is 44.5 Å². The maximum atomic E-state index is 14.7. The van der Waals surface area contributed by atoms with Crippen LogP contribution < -0.4 is 9.46 Å². The van der Waals surface area contributed by atoms with Gasteiger partial charge in [0.15, 0.2) is 5.78 Å². The van der Waals surface area contributed by atoms with E-state index in [1.165, 1.54) is 11.0 Å². The minimum absolute atomic E-state index is 0. The average Bonchev–Trinajstić information content (AvgIpc) is 3.60. The number of ether oxygens (including phenoxy) is 2. The van der Waals surface area contributed by atoms with E-state index in [1.807, 2.05) is 12.2 Å². The average molecular weight is 742 g/mol. The number of para-hydroxylation sites is 1. The molecule has 6 rings (SSSR count). The second kappa shape index (κ2) is 14.5. The summed E-state index contributed by atoms with van der Waals surface area (Å²) in [5.41, 5.74) is -1.42. The Bertz CT molecular complexity index is 1910. The Morgan fingerprint density at radius 3 is 2.62 bits per heavy atom. The minimum Gasteiger partial charge on any atom is -0.483 e.